The summed E-state index contributed by atoms with van der Waals surface area (Å²) in [6.07, 6.45) is 20.7. The molecule has 0 heterocycles. The van der Waals surface area contributed by atoms with Crippen molar-refractivity contribution in [3.05, 3.63) is 87.5 Å². The average Bonchev–Trinajstić information content (AvgIpc) is 3.28. The number of nitrogens with zero attached hydrogens (tertiary/aromatic N) is 2. The lowest BCUT2D eigenvalue weighted by atomic mass is 9.75. The molecule has 3 atom stereocenters. The van der Waals surface area contributed by atoms with E-state index in [0.29, 0.717) is 65.2 Å². The van der Waals surface area contributed by atoms with E-state index in [1.807, 2.05) is 79.7 Å². The Balaban J connectivity index is 1.21. The summed E-state index contributed by atoms with van der Waals surface area (Å²) in [6, 6.07) is 11.2. The highest BCUT2D eigenvalue weighted by molar-refractivity contribution is 5.87. The van der Waals surface area contributed by atoms with Gasteiger partial charge < -0.3 is 24.4 Å². The van der Waals surface area contributed by atoms with Gasteiger partial charge in [-0.3, -0.25) is 24.4 Å². The summed E-state index contributed by atoms with van der Waals surface area (Å²) in [7, 11) is 0. The van der Waals surface area contributed by atoms with Crippen molar-refractivity contribution in [1.82, 2.24) is 0 Å². The van der Waals surface area contributed by atoms with Crippen molar-refractivity contribution in [2.45, 2.75) is 214 Å². The van der Waals surface area contributed by atoms with Crippen LogP contribution in [0.3, 0.4) is 0 Å². The number of aliphatic imine (C=N–C) groups is 2. The molecule has 3 aromatic rings. The number of benzene rings is 3. The Labute approximate surface area is 419 Å². The van der Waals surface area contributed by atoms with Crippen LogP contribution in [0.25, 0.3) is 0 Å². The Kier molecular flexibility index (Phi) is 19.7. The fourth-order valence-corrected chi connectivity index (χ4v) is 9.71. The highest BCUT2D eigenvalue weighted by Gasteiger charge is 2.30. The van der Waals surface area contributed by atoms with Gasteiger partial charge in [0.05, 0.1) is 12.0 Å². The van der Waals surface area contributed by atoms with Crippen LogP contribution in [0.1, 0.15) is 211 Å². The van der Waals surface area contributed by atoms with E-state index < -0.39 is 11.4 Å². The Hall–Kier alpha value is -5.25. The number of phenols is 2. The van der Waals surface area contributed by atoms with E-state index in [4.69, 9.17) is 24.2 Å². The molecule has 3 aromatic carbocycles. The third-order valence-electron chi connectivity index (χ3n) is 13.9. The smallest absolute Gasteiger partial charge is 0.314 e. The van der Waals surface area contributed by atoms with Gasteiger partial charge in [0.25, 0.3) is 0 Å². The van der Waals surface area contributed by atoms with Crippen LogP contribution in [-0.2, 0) is 37.0 Å². The second kappa shape index (κ2) is 24.7. The molecule has 0 radical (unpaired) electrons. The Morgan fingerprint density at radius 3 is 1.66 bits per heavy atom. The zero-order chi connectivity index (χ0) is 51.4. The van der Waals surface area contributed by atoms with Crippen molar-refractivity contribution in [1.29, 1.82) is 0 Å². The molecule has 0 bridgehead atoms. The molecule has 2 aliphatic carbocycles. The van der Waals surface area contributed by atoms with Gasteiger partial charge in [-0.25, -0.2) is 0 Å². The van der Waals surface area contributed by atoms with E-state index in [1.54, 1.807) is 36.7 Å². The highest BCUT2D eigenvalue weighted by atomic mass is 16.5. The van der Waals surface area contributed by atoms with Gasteiger partial charge >= 0.3 is 17.9 Å². The van der Waals surface area contributed by atoms with Crippen LogP contribution in [0, 0.1) is 18.8 Å². The second-order valence-electron chi connectivity index (χ2n) is 23.1. The van der Waals surface area contributed by atoms with Crippen LogP contribution in [0.5, 0.6) is 28.7 Å². The number of aromatic hydroxyl groups is 2. The molecule has 0 saturated heterocycles. The van der Waals surface area contributed by atoms with Gasteiger partial charge in [-0.05, 0) is 140 Å². The number of carbonyl (C=O) groups is 3. The minimum Gasteiger partial charge on any atom is -0.507 e. The quantitative estimate of drug-likeness (QED) is 0.0422. The molecule has 0 aliphatic heterocycles. The summed E-state index contributed by atoms with van der Waals surface area (Å²) in [5.41, 5.74) is 4.92. The Morgan fingerprint density at radius 2 is 1.13 bits per heavy atom. The van der Waals surface area contributed by atoms with Crippen molar-refractivity contribution in [3.8, 4) is 28.7 Å². The van der Waals surface area contributed by atoms with Gasteiger partial charge in [0, 0.05) is 53.6 Å². The van der Waals surface area contributed by atoms with Gasteiger partial charge in [-0.15, -0.1) is 0 Å². The number of hydrogen-bond acceptors (Lipinski definition) is 10. The van der Waals surface area contributed by atoms with E-state index in [0.717, 1.165) is 63.4 Å². The monoisotopic (exact) mass is 961 g/mol. The lowest BCUT2D eigenvalue weighted by Gasteiger charge is -2.32. The molecule has 0 spiro atoms. The molecule has 70 heavy (non-hydrogen) atoms. The molecule has 2 aliphatic rings. The first-order valence-electron chi connectivity index (χ1n) is 26.1. The molecule has 382 valence electrons. The predicted molar refractivity (Wildman–Crippen MR) is 284 cm³/mol. The van der Waals surface area contributed by atoms with E-state index in [2.05, 4.69) is 27.7 Å². The first-order valence-corrected chi connectivity index (χ1v) is 26.1. The summed E-state index contributed by atoms with van der Waals surface area (Å²) < 4.78 is 17.6. The highest BCUT2D eigenvalue weighted by Crippen LogP contribution is 2.40. The standard InChI is InChI=1S/C60H84N2O8/c1-13-14-23-39(2)57(67)70-45-30-40(3)48(49(34-45)58(4,5)6)33-41-24-21-22-27-52(41)62-38-43-32-47(36-51(56(43)66)60(10,11)12)69-54(64)29-20-16-19-28-53(63)68-46-31-42(37-61-44-25-17-15-18-26-44)55(65)50(35-46)59(7,8)9/h13-14,30-32,34-39,41,44,52,65-66H,15-29,33H2,1-12H3. The fraction of sp³-hybridized carbons (Fsp3) is 0.583. The van der Waals surface area contributed by atoms with Crippen LogP contribution in [0.15, 0.2) is 58.5 Å². The normalized spacial score (nSPS) is 17.9. The molecule has 10 nitrogen and oxygen atoms in total. The molecule has 2 saturated carbocycles. The second-order valence-corrected chi connectivity index (χ2v) is 23.1. The van der Waals surface area contributed by atoms with E-state index in [1.165, 1.54) is 17.5 Å². The molecule has 2 fully saturated rings. The lowest BCUT2D eigenvalue weighted by Crippen LogP contribution is -2.27. The van der Waals surface area contributed by atoms with Crippen molar-refractivity contribution in [3.63, 3.8) is 0 Å². The summed E-state index contributed by atoms with van der Waals surface area (Å²) >= 11 is 0. The van der Waals surface area contributed by atoms with Gasteiger partial charge in [0.2, 0.25) is 0 Å². The Morgan fingerprint density at radius 1 is 0.643 bits per heavy atom. The zero-order valence-corrected chi connectivity index (χ0v) is 44.6. The van der Waals surface area contributed by atoms with Crippen LogP contribution in [-0.4, -0.2) is 52.6 Å². The van der Waals surface area contributed by atoms with Crippen molar-refractivity contribution in [2.75, 3.05) is 0 Å². The molecule has 0 aromatic heterocycles. The SMILES string of the molecule is CC=CCC(C)C(=O)Oc1cc(C)c(CC2CCCCC2N=Cc2cc(OC(=O)CCCCCC(=O)Oc3cc(C=NC4CCCCC4)c(O)c(C(C)(C)C)c3)cc(C(C)(C)C)c2O)c(C(C)(C)C)c1. The maximum absolute atomic E-state index is 13.3. The topological polar surface area (TPSA) is 144 Å². The van der Waals surface area contributed by atoms with Crippen LogP contribution in [0.4, 0.5) is 0 Å². The third-order valence-corrected chi connectivity index (χ3v) is 13.9. The molecule has 5 rings (SSSR count). The average molecular weight is 961 g/mol. The minimum atomic E-state index is -0.443. The number of rotatable bonds is 18. The van der Waals surface area contributed by atoms with Crippen LogP contribution < -0.4 is 14.2 Å². The molecular formula is C60H84N2O8. The summed E-state index contributed by atoms with van der Waals surface area (Å²) in [4.78, 5) is 49.2. The number of allylic oxidation sites excluding steroid dienone is 2. The largest absolute Gasteiger partial charge is 0.507 e. The number of esters is 3. The van der Waals surface area contributed by atoms with Gasteiger partial charge in [-0.2, -0.15) is 0 Å². The number of aryl methyl sites for hydroxylation is 1. The molecular weight excluding hydrogens is 877 g/mol. The lowest BCUT2D eigenvalue weighted by molar-refractivity contribution is -0.138. The van der Waals surface area contributed by atoms with Crippen molar-refractivity contribution in [2.24, 2.45) is 21.8 Å². The summed E-state index contributed by atoms with van der Waals surface area (Å²) in [6.45, 7) is 24.6. The van der Waals surface area contributed by atoms with Crippen molar-refractivity contribution >= 4 is 30.3 Å². The third kappa shape index (κ3) is 16.1. The summed E-state index contributed by atoms with van der Waals surface area (Å²) in [5, 5.41) is 22.7. The first kappa shape index (κ1) is 55.7. The number of hydrogen-bond donors (Lipinski definition) is 2. The fourth-order valence-electron chi connectivity index (χ4n) is 9.71. The number of carbonyl (C=O) groups excluding carboxylic acids is 3. The zero-order valence-electron chi connectivity index (χ0n) is 44.6. The number of unbranched alkanes of at least 4 members (excludes halogenated alkanes) is 2. The predicted octanol–water partition coefficient (Wildman–Crippen LogP) is 14.2. The van der Waals surface area contributed by atoms with E-state index >= 15 is 0 Å². The van der Waals surface area contributed by atoms with Gasteiger partial charge in [0.15, 0.2) is 0 Å². The molecule has 2 N–H and O–H groups in total. The maximum atomic E-state index is 13.3. The van der Waals surface area contributed by atoms with E-state index in [9.17, 15) is 24.6 Å². The minimum absolute atomic E-state index is 0.0249. The first-order chi connectivity index (χ1) is 32.9. The molecule has 10 heteroatoms. The van der Waals surface area contributed by atoms with Gasteiger partial charge in [0.1, 0.15) is 28.7 Å². The molecule has 0 amide bonds. The van der Waals surface area contributed by atoms with Gasteiger partial charge in [-0.1, -0.05) is 120 Å². The number of ether oxygens (including phenoxy) is 3. The summed E-state index contributed by atoms with van der Waals surface area (Å²) in [5.74, 6) is 0.625. The number of phenolic OH excluding ortho intramolecular Hbond substituents is 2. The van der Waals surface area contributed by atoms with Crippen LogP contribution >= 0.6 is 0 Å². The molecule has 3 unspecified atom stereocenters. The van der Waals surface area contributed by atoms with E-state index in [-0.39, 0.29) is 71.0 Å². The maximum Gasteiger partial charge on any atom is 0.314 e. The van der Waals surface area contributed by atoms with Crippen LogP contribution in [0.2, 0.25) is 0 Å². The van der Waals surface area contributed by atoms with Crippen molar-refractivity contribution < 1.29 is 38.8 Å². The Bertz CT molecular complexity index is 2370.